The molecule has 2 unspecified atom stereocenters. The van der Waals surface area contributed by atoms with Crippen LogP contribution in [0.2, 0.25) is 0 Å². The van der Waals surface area contributed by atoms with Crippen LogP contribution in [0.4, 0.5) is 9.93 Å². The summed E-state index contributed by atoms with van der Waals surface area (Å²) in [6.07, 6.45) is 3.45. The number of carbonyl (C=O) groups excluding carboxylic acids is 5. The predicted molar refractivity (Wildman–Crippen MR) is 148 cm³/mol. The first-order valence-electron chi connectivity index (χ1n) is 12.6. The molecule has 0 aliphatic carbocycles. The Morgan fingerprint density at radius 1 is 1.29 bits per heavy atom. The van der Waals surface area contributed by atoms with Crippen molar-refractivity contribution >= 4 is 63.8 Å². The fourth-order valence-corrected chi connectivity index (χ4v) is 6.26. The molecule has 0 aromatic carbocycles. The number of nitrogen functional groups attached to an aromatic ring is 1. The van der Waals surface area contributed by atoms with Crippen molar-refractivity contribution in [2.45, 2.75) is 38.1 Å². The second-order valence-electron chi connectivity index (χ2n) is 9.07. The number of hydrogen-bond donors (Lipinski definition) is 4. The molecule has 0 spiro atoms. The Morgan fingerprint density at radius 3 is 2.63 bits per heavy atom. The molecule has 1 aromatic rings. The number of rotatable bonds is 12. The largest absolute Gasteiger partial charge is 0.445 e. The van der Waals surface area contributed by atoms with Gasteiger partial charge in [-0.1, -0.05) is 25.1 Å². The van der Waals surface area contributed by atoms with Crippen molar-refractivity contribution < 1.29 is 43.4 Å². The van der Waals surface area contributed by atoms with Gasteiger partial charge in [-0.2, -0.15) is 0 Å². The Hall–Kier alpha value is -3.86. The van der Waals surface area contributed by atoms with Crippen molar-refractivity contribution in [3.05, 3.63) is 23.2 Å². The van der Waals surface area contributed by atoms with Crippen molar-refractivity contribution in [2.75, 3.05) is 38.5 Å². The molecule has 15 nitrogen and oxygen atoms in total. The van der Waals surface area contributed by atoms with E-state index in [-0.39, 0.29) is 35.6 Å². The summed E-state index contributed by atoms with van der Waals surface area (Å²) in [5.41, 5.74) is 3.89. The summed E-state index contributed by atoms with van der Waals surface area (Å²) in [6.45, 7) is 2.86. The number of alkyl carbamates (subject to hydrolysis) is 1. The third-order valence-corrected chi connectivity index (χ3v) is 8.76. The first kappa shape index (κ1) is 31.7. The molecule has 0 bridgehead atoms. The molecule has 3 heterocycles. The quantitative estimate of drug-likeness (QED) is 0.0488. The molecule has 41 heavy (non-hydrogen) atoms. The standard InChI is InChI=1S/C24H32N6O9S2/c1-4-13(5-2)20(33)38-12-39-21(34)24(7-6-8-37-23(35)26-3)10-30-18(32)16(19(30)41-11-24)28-17(31)15(29-36)14-9-40-22(25)27-14/h6-7,9,13,16,19,36H,4-5,8,10-12H2,1-3H3,(H2,25,27)(H,26,35)(H,28,31)/t16?,19-,24?/m1/s1. The number of thiazole rings is 1. The number of nitrogens with one attached hydrogen (secondary N) is 2. The SMILES string of the molecule is CCC(CC)C(=O)OCOC(=O)C1(C=CCOC(=O)NC)CS[C@@H]2C(NC(=O)C(=NO)c3csc(N)n3)C(=O)N2C1. The van der Waals surface area contributed by atoms with Crippen LogP contribution in [0.25, 0.3) is 0 Å². The minimum absolute atomic E-state index is 0.0585. The molecule has 2 aliphatic rings. The van der Waals surface area contributed by atoms with Crippen molar-refractivity contribution in [3.8, 4) is 0 Å². The van der Waals surface area contributed by atoms with Crippen LogP contribution in [-0.2, 0) is 33.4 Å². The molecule has 5 N–H and O–H groups in total. The zero-order chi connectivity index (χ0) is 30.2. The second-order valence-corrected chi connectivity index (χ2v) is 11.1. The fraction of sp³-hybridized carbons (Fsp3) is 0.542. The lowest BCUT2D eigenvalue weighted by atomic mass is 9.86. The number of esters is 2. The number of anilines is 1. The Kier molecular flexibility index (Phi) is 10.9. The first-order chi connectivity index (χ1) is 19.6. The van der Waals surface area contributed by atoms with E-state index >= 15 is 0 Å². The van der Waals surface area contributed by atoms with E-state index in [2.05, 4.69) is 20.8 Å². The predicted octanol–water partition coefficient (Wildman–Crippen LogP) is 0.682. The first-order valence-corrected chi connectivity index (χ1v) is 14.6. The van der Waals surface area contributed by atoms with Crippen LogP contribution in [-0.4, -0.2) is 94.8 Å². The van der Waals surface area contributed by atoms with Crippen molar-refractivity contribution in [1.29, 1.82) is 0 Å². The van der Waals surface area contributed by atoms with E-state index in [1.165, 1.54) is 41.2 Å². The average Bonchev–Trinajstić information content (AvgIpc) is 3.40. The van der Waals surface area contributed by atoms with Crippen LogP contribution in [0.3, 0.4) is 0 Å². The van der Waals surface area contributed by atoms with Crippen LogP contribution in [0.5, 0.6) is 0 Å². The molecule has 3 amide bonds. The molecular formula is C24H32N6O9S2. The monoisotopic (exact) mass is 612 g/mol. The Bertz CT molecular complexity index is 1220. The Labute approximate surface area is 243 Å². The van der Waals surface area contributed by atoms with Crippen molar-refractivity contribution in [2.24, 2.45) is 16.5 Å². The summed E-state index contributed by atoms with van der Waals surface area (Å²) >= 11 is 2.27. The van der Waals surface area contributed by atoms with E-state index in [4.69, 9.17) is 19.9 Å². The third kappa shape index (κ3) is 7.27. The molecule has 2 aliphatic heterocycles. The lowest BCUT2D eigenvalue weighted by molar-refractivity contribution is -0.176. The van der Waals surface area contributed by atoms with Crippen LogP contribution >= 0.6 is 23.1 Å². The zero-order valence-electron chi connectivity index (χ0n) is 22.7. The molecule has 224 valence electrons. The van der Waals surface area contributed by atoms with Gasteiger partial charge in [0.1, 0.15) is 29.1 Å². The van der Waals surface area contributed by atoms with Crippen molar-refractivity contribution in [1.82, 2.24) is 20.5 Å². The second kappa shape index (κ2) is 14.2. The highest BCUT2D eigenvalue weighted by atomic mass is 32.2. The van der Waals surface area contributed by atoms with Gasteiger partial charge in [-0.25, -0.2) is 9.78 Å². The number of nitrogens with zero attached hydrogens (tertiary/aromatic N) is 3. The molecule has 0 saturated carbocycles. The highest BCUT2D eigenvalue weighted by molar-refractivity contribution is 8.00. The van der Waals surface area contributed by atoms with Gasteiger partial charge < -0.3 is 40.7 Å². The zero-order valence-corrected chi connectivity index (χ0v) is 24.3. The van der Waals surface area contributed by atoms with Crippen LogP contribution in [0, 0.1) is 11.3 Å². The summed E-state index contributed by atoms with van der Waals surface area (Å²) < 4.78 is 15.4. The number of ether oxygens (including phenoxy) is 3. The number of β-lactam (4-membered cyclic amide) rings is 1. The lowest BCUT2D eigenvalue weighted by Gasteiger charge is -2.53. The minimum atomic E-state index is -1.35. The number of thioether (sulfide) groups is 1. The molecule has 3 rings (SSSR count). The minimum Gasteiger partial charge on any atom is -0.445 e. The Morgan fingerprint density at radius 2 is 2.02 bits per heavy atom. The van der Waals surface area contributed by atoms with Crippen LogP contribution in [0.1, 0.15) is 32.4 Å². The van der Waals surface area contributed by atoms with Gasteiger partial charge in [-0.15, -0.1) is 23.1 Å². The molecule has 17 heteroatoms. The van der Waals surface area contributed by atoms with E-state index in [9.17, 15) is 29.2 Å². The summed E-state index contributed by atoms with van der Waals surface area (Å²) in [4.78, 5) is 67.9. The van der Waals surface area contributed by atoms with E-state index in [1.54, 1.807) is 0 Å². The average molecular weight is 613 g/mol. The van der Waals surface area contributed by atoms with Crippen LogP contribution in [0.15, 0.2) is 22.7 Å². The normalized spacial score (nSPS) is 22.1. The molecular weight excluding hydrogens is 580 g/mol. The van der Waals surface area contributed by atoms with E-state index in [0.29, 0.717) is 12.8 Å². The topological polar surface area (TPSA) is 212 Å². The van der Waals surface area contributed by atoms with Crippen molar-refractivity contribution in [3.63, 3.8) is 0 Å². The highest BCUT2D eigenvalue weighted by Crippen LogP contribution is 2.43. The van der Waals surface area contributed by atoms with Gasteiger partial charge in [0.25, 0.3) is 5.91 Å². The molecule has 1 aromatic heterocycles. The fourth-order valence-electron chi connectivity index (χ4n) is 4.20. The van der Waals surface area contributed by atoms with Gasteiger partial charge in [0, 0.05) is 24.7 Å². The maximum atomic E-state index is 13.3. The number of amides is 3. The number of aromatic nitrogens is 1. The number of fused-ring (bicyclic) bond motifs is 1. The maximum Gasteiger partial charge on any atom is 0.407 e. The van der Waals surface area contributed by atoms with E-state index in [0.717, 1.165) is 11.3 Å². The summed E-state index contributed by atoms with van der Waals surface area (Å²) in [7, 11) is 1.40. The van der Waals surface area contributed by atoms with E-state index < -0.39 is 59.2 Å². The van der Waals surface area contributed by atoms with Gasteiger partial charge in [0.15, 0.2) is 10.8 Å². The highest BCUT2D eigenvalue weighted by Gasteiger charge is 2.57. The van der Waals surface area contributed by atoms with Gasteiger partial charge in [0.2, 0.25) is 12.7 Å². The van der Waals surface area contributed by atoms with Gasteiger partial charge in [-0.3, -0.25) is 19.2 Å². The number of hydrogen-bond acceptors (Lipinski definition) is 14. The number of nitrogens with two attached hydrogens (primary N) is 1. The van der Waals surface area contributed by atoms with Gasteiger partial charge >= 0.3 is 18.0 Å². The van der Waals surface area contributed by atoms with E-state index in [1.807, 2.05) is 13.8 Å². The number of carbonyl (C=O) groups is 5. The lowest BCUT2D eigenvalue weighted by Crippen LogP contribution is -2.74. The molecule has 0 radical (unpaired) electrons. The molecule has 2 fully saturated rings. The summed E-state index contributed by atoms with van der Waals surface area (Å²) in [5.74, 6) is -2.70. The van der Waals surface area contributed by atoms with Crippen LogP contribution < -0.4 is 16.4 Å². The summed E-state index contributed by atoms with van der Waals surface area (Å²) in [5, 5.41) is 18.3. The van der Waals surface area contributed by atoms with Gasteiger partial charge in [-0.05, 0) is 18.9 Å². The molecule has 2 saturated heterocycles. The number of oxime groups is 1. The smallest absolute Gasteiger partial charge is 0.407 e. The molecule has 3 atom stereocenters. The Balaban J connectivity index is 1.68. The van der Waals surface area contributed by atoms with Gasteiger partial charge in [0.05, 0.1) is 5.92 Å². The third-order valence-electron chi connectivity index (χ3n) is 6.54. The maximum absolute atomic E-state index is 13.3. The summed E-state index contributed by atoms with van der Waals surface area (Å²) in [6, 6.07) is -0.948.